The number of H-pyrrole nitrogens is 1. The minimum absolute atomic E-state index is 0.0315. The molecule has 1 aromatic heterocycles. The van der Waals surface area contributed by atoms with Crippen LogP contribution in [-0.2, 0) is 35.0 Å². The van der Waals surface area contributed by atoms with Crippen molar-refractivity contribution in [1.82, 2.24) is 15.3 Å². The smallest absolute Gasteiger partial charge is 0.373 e. The number of hydrogen-bond donors (Lipinski definition) is 2. The number of ether oxygens (including phenoxy) is 1. The highest BCUT2D eigenvalue weighted by Crippen LogP contribution is 2.39. The molecule has 2 aromatic carbocycles. The number of rotatable bonds is 7. The number of aryl methyl sites for hydroxylation is 1. The molecule has 0 atom stereocenters. The van der Waals surface area contributed by atoms with Crippen molar-refractivity contribution in [1.29, 1.82) is 0 Å². The van der Waals surface area contributed by atoms with Crippen LogP contribution in [0.4, 0.5) is 30.7 Å². The lowest BCUT2D eigenvalue weighted by Crippen LogP contribution is -2.42. The normalized spacial score (nSPS) is 17.5. The summed E-state index contributed by atoms with van der Waals surface area (Å²) in [6.07, 6.45) is -9.49. The second kappa shape index (κ2) is 10.8. The average Bonchev–Trinajstić information content (AvgIpc) is 2.80. The lowest BCUT2D eigenvalue weighted by atomic mass is 9.81. The van der Waals surface area contributed by atoms with Gasteiger partial charge in [0, 0.05) is 29.8 Å². The fraction of sp³-hybridized carbons (Fsp3) is 0.346. The van der Waals surface area contributed by atoms with E-state index in [-0.39, 0.29) is 36.3 Å². The Bertz CT molecular complexity index is 1430. The van der Waals surface area contributed by atoms with Gasteiger partial charge in [-0.1, -0.05) is 24.3 Å². The summed E-state index contributed by atoms with van der Waals surface area (Å²) in [5.41, 5.74) is -4.04. The molecular formula is C26H22F7N3O3. The quantitative estimate of drug-likeness (QED) is 0.374. The van der Waals surface area contributed by atoms with E-state index in [2.05, 4.69) is 15.3 Å². The van der Waals surface area contributed by atoms with Gasteiger partial charge in [0.05, 0.1) is 29.4 Å². The molecule has 0 saturated heterocycles. The largest absolute Gasteiger partial charge is 0.417 e. The molecule has 6 nitrogen and oxygen atoms in total. The minimum atomic E-state index is -4.94. The molecule has 0 radical (unpaired) electrons. The Labute approximate surface area is 217 Å². The van der Waals surface area contributed by atoms with E-state index in [0.29, 0.717) is 6.07 Å². The van der Waals surface area contributed by atoms with E-state index in [1.165, 1.54) is 25.1 Å². The summed E-state index contributed by atoms with van der Waals surface area (Å²) in [4.78, 5) is 30.2. The number of amides is 1. The first-order valence-electron chi connectivity index (χ1n) is 11.8. The summed E-state index contributed by atoms with van der Waals surface area (Å²) in [6, 6.07) is 7.57. The highest BCUT2D eigenvalue weighted by molar-refractivity contribution is 5.79. The number of benzene rings is 2. The van der Waals surface area contributed by atoms with E-state index in [1.807, 2.05) is 0 Å². The predicted octanol–water partition coefficient (Wildman–Crippen LogP) is 5.53. The number of hydrogen-bond acceptors (Lipinski definition) is 4. The van der Waals surface area contributed by atoms with E-state index < -0.39 is 70.7 Å². The molecule has 3 aromatic rings. The molecule has 13 heteroatoms. The summed E-state index contributed by atoms with van der Waals surface area (Å²) in [6.45, 7) is 0.648. The van der Waals surface area contributed by atoms with Crippen LogP contribution in [0.2, 0.25) is 0 Å². The lowest BCUT2D eigenvalue weighted by molar-refractivity contribution is -0.140. The first-order chi connectivity index (χ1) is 18.2. The van der Waals surface area contributed by atoms with Crippen molar-refractivity contribution >= 4 is 5.91 Å². The lowest BCUT2D eigenvalue weighted by Gasteiger charge is -2.34. The van der Waals surface area contributed by atoms with Crippen LogP contribution in [0.1, 0.15) is 40.8 Å². The molecule has 1 aliphatic rings. The van der Waals surface area contributed by atoms with Crippen LogP contribution in [0.5, 0.6) is 0 Å². The standard InChI is InChI=1S/C26H22F7N3O3/c1-13-8-20(37)36-23(35-13)21-19(26(31,32)33)7-6-14(22(21)27)11-34-24(38)16-9-17(10-16)39-12-15-4-2-3-5-18(15)25(28,29)30/h2-8,16-17H,9-12H2,1H3,(H,34,38)(H,35,36,37). The fourth-order valence-corrected chi connectivity index (χ4v) is 4.29. The fourth-order valence-electron chi connectivity index (χ4n) is 4.29. The number of halogens is 7. The SMILES string of the molecule is Cc1cc(=O)[nH]c(-c2c(C(F)(F)F)ccc(CNC(=O)C3CC(OCc4ccccc4C(F)(F)F)C3)c2F)n1. The molecule has 0 aliphatic heterocycles. The van der Waals surface area contributed by atoms with Gasteiger partial charge in [0.15, 0.2) is 0 Å². The molecular weight excluding hydrogens is 535 g/mol. The topological polar surface area (TPSA) is 84.1 Å². The van der Waals surface area contributed by atoms with Gasteiger partial charge in [-0.15, -0.1) is 0 Å². The molecule has 1 amide bonds. The Morgan fingerprint density at radius 2 is 1.69 bits per heavy atom. The minimum Gasteiger partial charge on any atom is -0.373 e. The van der Waals surface area contributed by atoms with Crippen LogP contribution in [-0.4, -0.2) is 22.0 Å². The van der Waals surface area contributed by atoms with E-state index in [9.17, 15) is 35.9 Å². The Morgan fingerprint density at radius 3 is 2.33 bits per heavy atom. The summed E-state index contributed by atoms with van der Waals surface area (Å²) < 4.78 is 101. The van der Waals surface area contributed by atoms with Crippen molar-refractivity contribution < 1.29 is 40.3 Å². The predicted molar refractivity (Wildman–Crippen MR) is 125 cm³/mol. The van der Waals surface area contributed by atoms with Gasteiger partial charge in [0.25, 0.3) is 5.56 Å². The van der Waals surface area contributed by atoms with Gasteiger partial charge in [-0.2, -0.15) is 26.3 Å². The van der Waals surface area contributed by atoms with Gasteiger partial charge in [-0.05, 0) is 37.5 Å². The van der Waals surface area contributed by atoms with Crippen LogP contribution in [0.25, 0.3) is 11.4 Å². The van der Waals surface area contributed by atoms with Crippen LogP contribution in [0.3, 0.4) is 0 Å². The molecule has 0 unspecified atom stereocenters. The maximum absolute atomic E-state index is 15.3. The van der Waals surface area contributed by atoms with E-state index in [0.717, 1.165) is 18.2 Å². The Kier molecular flexibility index (Phi) is 7.82. The van der Waals surface area contributed by atoms with Crippen LogP contribution in [0.15, 0.2) is 47.3 Å². The average molecular weight is 557 g/mol. The zero-order valence-corrected chi connectivity index (χ0v) is 20.3. The number of carbonyl (C=O) groups excluding carboxylic acids is 1. The van der Waals surface area contributed by atoms with Crippen molar-refractivity contribution in [2.24, 2.45) is 5.92 Å². The zero-order chi connectivity index (χ0) is 28.5. The summed E-state index contributed by atoms with van der Waals surface area (Å²) in [5.74, 6) is -2.95. The van der Waals surface area contributed by atoms with Crippen LogP contribution < -0.4 is 10.9 Å². The van der Waals surface area contributed by atoms with Crippen LogP contribution >= 0.6 is 0 Å². The first kappa shape index (κ1) is 28.3. The third-order valence-corrected chi connectivity index (χ3v) is 6.35. The van der Waals surface area contributed by atoms with Gasteiger partial charge in [-0.25, -0.2) is 9.37 Å². The molecule has 1 aliphatic carbocycles. The van der Waals surface area contributed by atoms with E-state index in [4.69, 9.17) is 4.74 Å². The van der Waals surface area contributed by atoms with E-state index in [1.54, 1.807) is 0 Å². The maximum Gasteiger partial charge on any atom is 0.417 e. The van der Waals surface area contributed by atoms with Crippen molar-refractivity contribution in [2.75, 3.05) is 0 Å². The number of aromatic amines is 1. The number of alkyl halides is 6. The zero-order valence-electron chi connectivity index (χ0n) is 20.3. The van der Waals surface area contributed by atoms with Gasteiger partial charge < -0.3 is 15.0 Å². The van der Waals surface area contributed by atoms with Crippen molar-refractivity contribution in [3.8, 4) is 11.4 Å². The van der Waals surface area contributed by atoms with Crippen molar-refractivity contribution in [3.63, 3.8) is 0 Å². The van der Waals surface area contributed by atoms with Crippen LogP contribution in [0, 0.1) is 18.7 Å². The molecule has 208 valence electrons. The van der Waals surface area contributed by atoms with Crippen molar-refractivity contribution in [2.45, 2.75) is 51.4 Å². The second-order valence-corrected chi connectivity index (χ2v) is 9.17. The molecule has 1 heterocycles. The van der Waals surface area contributed by atoms with Gasteiger partial charge in [0.1, 0.15) is 11.6 Å². The number of nitrogens with one attached hydrogen (secondary N) is 2. The molecule has 1 saturated carbocycles. The Hall–Kier alpha value is -3.74. The van der Waals surface area contributed by atoms with Crippen molar-refractivity contribution in [3.05, 3.63) is 86.6 Å². The summed E-state index contributed by atoms with van der Waals surface area (Å²) in [7, 11) is 0. The third-order valence-electron chi connectivity index (χ3n) is 6.35. The molecule has 0 bridgehead atoms. The van der Waals surface area contributed by atoms with Gasteiger partial charge in [0.2, 0.25) is 5.91 Å². The molecule has 1 fully saturated rings. The number of nitrogens with zero attached hydrogens (tertiary/aromatic N) is 1. The number of aromatic nitrogens is 2. The third kappa shape index (κ3) is 6.47. The Balaban J connectivity index is 1.40. The highest BCUT2D eigenvalue weighted by Gasteiger charge is 2.38. The Morgan fingerprint density at radius 1 is 1.03 bits per heavy atom. The van der Waals surface area contributed by atoms with Gasteiger partial charge >= 0.3 is 12.4 Å². The summed E-state index contributed by atoms with van der Waals surface area (Å²) in [5, 5.41) is 2.47. The van der Waals surface area contributed by atoms with Gasteiger partial charge in [-0.3, -0.25) is 9.59 Å². The molecule has 4 rings (SSSR count). The molecule has 0 spiro atoms. The summed E-state index contributed by atoms with van der Waals surface area (Å²) >= 11 is 0. The number of carbonyl (C=O) groups is 1. The molecule has 39 heavy (non-hydrogen) atoms. The highest BCUT2D eigenvalue weighted by atomic mass is 19.4. The first-order valence-corrected chi connectivity index (χ1v) is 11.8. The second-order valence-electron chi connectivity index (χ2n) is 9.17. The maximum atomic E-state index is 15.3. The molecule has 2 N–H and O–H groups in total. The van der Waals surface area contributed by atoms with E-state index >= 15 is 4.39 Å². The monoisotopic (exact) mass is 557 g/mol.